The molecule has 3 rings (SSSR count). The number of ether oxygens (including phenoxy) is 2. The maximum atomic E-state index is 12.2. The number of Topliss-reactive ketones (excluding diaryl/α,β-unsaturated/α-hetero) is 2. The molecule has 3 aromatic rings. The fraction of sp³-hybridized carbons (Fsp3) is 0.148. The Balaban J connectivity index is 1.40. The Morgan fingerprint density at radius 1 is 0.769 bits per heavy atom. The summed E-state index contributed by atoms with van der Waals surface area (Å²) in [6.07, 6.45) is -0.419. The summed E-state index contributed by atoms with van der Waals surface area (Å²) in [6.45, 7) is -1.04. The smallest absolute Gasteiger partial charge is 0.338 e. The van der Waals surface area contributed by atoms with Gasteiger partial charge in [-0.05, 0) is 36.4 Å². The Labute approximate surface area is 230 Å². The van der Waals surface area contributed by atoms with E-state index in [-0.39, 0.29) is 35.4 Å². The average molecular weight is 597 g/mol. The number of carbonyl (C=O) groups is 5. The second-order valence-corrected chi connectivity index (χ2v) is 8.94. The normalized spacial score (nSPS) is 10.3. The highest BCUT2D eigenvalue weighted by Crippen LogP contribution is 2.15. The third-order valence-electron chi connectivity index (χ3n) is 5.20. The molecule has 0 unspecified atom stereocenters. The Hall–Kier alpha value is -4.71. The zero-order valence-electron chi connectivity index (χ0n) is 20.3. The summed E-state index contributed by atoms with van der Waals surface area (Å²) >= 11 is 3.27. The van der Waals surface area contributed by atoms with Crippen LogP contribution in [0.1, 0.15) is 43.9 Å². The maximum absolute atomic E-state index is 12.2. The van der Waals surface area contributed by atoms with Crippen molar-refractivity contribution in [3.63, 3.8) is 0 Å². The van der Waals surface area contributed by atoms with Crippen molar-refractivity contribution in [3.05, 3.63) is 104 Å². The number of nitrogens with zero attached hydrogens (tertiary/aromatic N) is 1. The van der Waals surface area contributed by atoms with Gasteiger partial charge in [0.2, 0.25) is 11.7 Å². The number of hydrogen-bond acceptors (Lipinski definition) is 9. The van der Waals surface area contributed by atoms with Crippen LogP contribution in [0.3, 0.4) is 0 Å². The lowest BCUT2D eigenvalue weighted by molar-refractivity contribution is -0.384. The van der Waals surface area contributed by atoms with Crippen LogP contribution < -0.4 is 5.32 Å². The molecule has 0 aliphatic rings. The van der Waals surface area contributed by atoms with Gasteiger partial charge in [0.05, 0.1) is 16.9 Å². The van der Waals surface area contributed by atoms with Gasteiger partial charge in [0.15, 0.2) is 19.0 Å². The second-order valence-electron chi connectivity index (χ2n) is 8.02. The van der Waals surface area contributed by atoms with E-state index in [0.29, 0.717) is 11.3 Å². The van der Waals surface area contributed by atoms with Gasteiger partial charge in [0.1, 0.15) is 0 Å². The Bertz CT molecular complexity index is 1400. The average Bonchev–Trinajstić information content (AvgIpc) is 2.94. The molecule has 0 heterocycles. The van der Waals surface area contributed by atoms with E-state index in [1.165, 1.54) is 42.5 Å². The van der Waals surface area contributed by atoms with Crippen molar-refractivity contribution in [2.75, 3.05) is 18.5 Å². The molecule has 39 heavy (non-hydrogen) atoms. The Morgan fingerprint density at radius 2 is 1.38 bits per heavy atom. The molecule has 0 saturated carbocycles. The molecule has 0 radical (unpaired) electrons. The number of hydrogen-bond donors (Lipinski definition) is 1. The largest absolute Gasteiger partial charge is 0.457 e. The van der Waals surface area contributed by atoms with Gasteiger partial charge in [-0.3, -0.25) is 29.3 Å². The van der Waals surface area contributed by atoms with Gasteiger partial charge in [-0.1, -0.05) is 40.2 Å². The number of nitrogens with one attached hydrogen (secondary N) is 1. The summed E-state index contributed by atoms with van der Waals surface area (Å²) in [5.41, 5.74) is 0.635. The quantitative estimate of drug-likeness (QED) is 0.137. The zero-order valence-corrected chi connectivity index (χ0v) is 21.8. The summed E-state index contributed by atoms with van der Waals surface area (Å²) in [5, 5.41) is 13.4. The molecule has 12 heteroatoms. The van der Waals surface area contributed by atoms with Crippen LogP contribution in [0.25, 0.3) is 0 Å². The first kappa shape index (κ1) is 28.9. The molecule has 0 bridgehead atoms. The van der Waals surface area contributed by atoms with Crippen molar-refractivity contribution in [2.24, 2.45) is 0 Å². The number of benzene rings is 3. The maximum Gasteiger partial charge on any atom is 0.338 e. The van der Waals surface area contributed by atoms with E-state index in [4.69, 9.17) is 9.47 Å². The predicted octanol–water partition coefficient (Wildman–Crippen LogP) is 4.54. The highest BCUT2D eigenvalue weighted by atomic mass is 79.9. The van der Waals surface area contributed by atoms with Crippen LogP contribution in [-0.4, -0.2) is 47.5 Å². The minimum Gasteiger partial charge on any atom is -0.457 e. The zero-order chi connectivity index (χ0) is 28.4. The Morgan fingerprint density at radius 3 is 2.05 bits per heavy atom. The summed E-state index contributed by atoms with van der Waals surface area (Å²) in [7, 11) is 0. The van der Waals surface area contributed by atoms with Crippen molar-refractivity contribution in [2.45, 2.75) is 12.8 Å². The number of anilines is 1. The molecule has 0 atom stereocenters. The number of carbonyl (C=O) groups excluding carboxylic acids is 5. The van der Waals surface area contributed by atoms with Crippen LogP contribution in [0.4, 0.5) is 11.4 Å². The summed E-state index contributed by atoms with van der Waals surface area (Å²) in [4.78, 5) is 70.7. The number of nitro benzene ring substituents is 1. The predicted molar refractivity (Wildman–Crippen MR) is 141 cm³/mol. The van der Waals surface area contributed by atoms with Crippen LogP contribution in [-0.2, 0) is 19.1 Å². The highest BCUT2D eigenvalue weighted by molar-refractivity contribution is 9.10. The first-order valence-electron chi connectivity index (χ1n) is 11.4. The molecule has 0 aliphatic carbocycles. The first-order chi connectivity index (χ1) is 18.6. The van der Waals surface area contributed by atoms with Gasteiger partial charge in [0, 0.05) is 39.8 Å². The van der Waals surface area contributed by atoms with Crippen LogP contribution in [0.15, 0.2) is 77.3 Å². The number of ketones is 2. The number of nitro groups is 1. The molecule has 1 amide bonds. The lowest BCUT2D eigenvalue weighted by Gasteiger charge is -2.08. The first-order valence-corrected chi connectivity index (χ1v) is 12.2. The van der Waals surface area contributed by atoms with Crippen LogP contribution in [0.2, 0.25) is 0 Å². The highest BCUT2D eigenvalue weighted by Gasteiger charge is 2.16. The number of halogens is 1. The van der Waals surface area contributed by atoms with Crippen LogP contribution >= 0.6 is 15.9 Å². The van der Waals surface area contributed by atoms with Gasteiger partial charge in [-0.15, -0.1) is 0 Å². The van der Waals surface area contributed by atoms with E-state index in [1.54, 1.807) is 24.3 Å². The van der Waals surface area contributed by atoms with Crippen molar-refractivity contribution < 1.29 is 38.4 Å². The monoisotopic (exact) mass is 596 g/mol. The molecule has 0 saturated heterocycles. The van der Waals surface area contributed by atoms with Crippen LogP contribution in [0.5, 0.6) is 0 Å². The molecule has 11 nitrogen and oxygen atoms in total. The SMILES string of the molecule is O=C(CCC(=O)OCC(=O)c1ccc(Br)cc1)Nc1ccc(C(=O)OCC(=O)c2cccc([N+](=O)[O-])c2)cc1. The molecular formula is C27H21BrN2O9. The Kier molecular flexibility index (Phi) is 10.2. The minimum atomic E-state index is -0.799. The number of rotatable bonds is 12. The van der Waals surface area contributed by atoms with Crippen molar-refractivity contribution in [3.8, 4) is 0 Å². The second kappa shape index (κ2) is 13.7. The van der Waals surface area contributed by atoms with Gasteiger partial charge >= 0.3 is 11.9 Å². The van der Waals surface area contributed by atoms with Crippen molar-refractivity contribution in [1.82, 2.24) is 0 Å². The van der Waals surface area contributed by atoms with Crippen molar-refractivity contribution >= 4 is 56.7 Å². The lowest BCUT2D eigenvalue weighted by Crippen LogP contribution is -2.17. The molecule has 0 fully saturated rings. The molecule has 200 valence electrons. The van der Waals surface area contributed by atoms with Gasteiger partial charge in [-0.25, -0.2) is 4.79 Å². The van der Waals surface area contributed by atoms with Gasteiger partial charge < -0.3 is 14.8 Å². The third kappa shape index (κ3) is 8.97. The van der Waals surface area contributed by atoms with Crippen molar-refractivity contribution in [1.29, 1.82) is 0 Å². The summed E-state index contributed by atoms with van der Waals surface area (Å²) in [5.74, 6) is -2.95. The molecule has 3 aromatic carbocycles. The molecule has 1 N–H and O–H groups in total. The molecular weight excluding hydrogens is 576 g/mol. The van der Waals surface area contributed by atoms with E-state index in [2.05, 4.69) is 21.2 Å². The fourth-order valence-electron chi connectivity index (χ4n) is 3.16. The van der Waals surface area contributed by atoms with E-state index < -0.39 is 41.8 Å². The third-order valence-corrected chi connectivity index (χ3v) is 5.73. The number of esters is 2. The van der Waals surface area contributed by atoms with E-state index in [9.17, 15) is 34.1 Å². The molecule has 0 aromatic heterocycles. The standard InChI is InChI=1S/C27H21BrN2O9/c28-20-8-4-17(5-9-20)23(31)15-38-26(34)13-12-25(33)29-21-10-6-18(7-11-21)27(35)39-16-24(32)19-2-1-3-22(14-19)30(36)37/h1-11,14H,12-13,15-16H2,(H,29,33). The van der Waals surface area contributed by atoms with Crippen LogP contribution in [0, 0.1) is 10.1 Å². The fourth-order valence-corrected chi connectivity index (χ4v) is 3.42. The lowest BCUT2D eigenvalue weighted by atomic mass is 10.1. The van der Waals surface area contributed by atoms with E-state index in [1.807, 2.05) is 0 Å². The van der Waals surface area contributed by atoms with E-state index >= 15 is 0 Å². The van der Waals surface area contributed by atoms with Gasteiger partial charge in [0.25, 0.3) is 5.69 Å². The topological polar surface area (TPSA) is 159 Å². The molecule has 0 aliphatic heterocycles. The number of amides is 1. The molecule has 0 spiro atoms. The minimum absolute atomic E-state index is 0.0372. The summed E-state index contributed by atoms with van der Waals surface area (Å²) < 4.78 is 10.7. The van der Waals surface area contributed by atoms with Gasteiger partial charge in [-0.2, -0.15) is 0 Å². The summed E-state index contributed by atoms with van der Waals surface area (Å²) in [6, 6.07) is 17.3. The van der Waals surface area contributed by atoms with E-state index in [0.717, 1.165) is 10.5 Å². The number of non-ortho nitro benzene ring substituents is 1.